The summed E-state index contributed by atoms with van der Waals surface area (Å²) in [4.78, 5) is 14.3. The van der Waals surface area contributed by atoms with E-state index in [0.717, 1.165) is 23.1 Å². The van der Waals surface area contributed by atoms with Crippen LogP contribution < -0.4 is 10.2 Å². The molecule has 3 aromatic rings. The molecule has 162 valence electrons. The highest BCUT2D eigenvalue weighted by molar-refractivity contribution is 8.01. The van der Waals surface area contributed by atoms with Crippen LogP contribution in [0.25, 0.3) is 0 Å². The van der Waals surface area contributed by atoms with E-state index in [1.165, 1.54) is 4.90 Å². The van der Waals surface area contributed by atoms with Crippen molar-refractivity contribution in [3.05, 3.63) is 70.5 Å². The van der Waals surface area contributed by atoms with E-state index in [2.05, 4.69) is 15.5 Å². The van der Waals surface area contributed by atoms with Gasteiger partial charge in [0.15, 0.2) is 10.2 Å². The second-order valence-corrected chi connectivity index (χ2v) is 9.03. The largest absolute Gasteiger partial charge is 0.332 e. The van der Waals surface area contributed by atoms with Gasteiger partial charge in [0.1, 0.15) is 0 Å². The zero-order valence-electron chi connectivity index (χ0n) is 15.5. The lowest BCUT2D eigenvalue weighted by Crippen LogP contribution is -2.30. The summed E-state index contributed by atoms with van der Waals surface area (Å²) in [6, 6.07) is 12.6. The first-order chi connectivity index (χ1) is 14.8. The number of nitrogens with zero attached hydrogens (tertiary/aromatic N) is 3. The minimum absolute atomic E-state index is 0.0513. The molecule has 0 saturated carbocycles. The molecule has 3 rings (SSSR count). The fraction of sp³-hybridized carbons (Fsp3) is 0.105. The smallest absolute Gasteiger partial charge is 0.307 e. The first kappa shape index (κ1) is 23.4. The van der Waals surface area contributed by atoms with Crippen LogP contribution in [-0.4, -0.2) is 22.0 Å². The van der Waals surface area contributed by atoms with Gasteiger partial charge in [-0.3, -0.25) is 0 Å². The Kier molecular flexibility index (Phi) is 8.19. The van der Waals surface area contributed by atoms with Crippen LogP contribution in [-0.2, 0) is 0 Å². The molecule has 0 spiro atoms. The SMILES string of the molecule is O=C(Nc1ccc(Cl)cc1)N(c1ccc(Cl)cc1)c1nnc(SCCC(F)=C(F)F)s1. The molecule has 1 aromatic heterocycles. The minimum atomic E-state index is -2.33. The number of carbonyl (C=O) groups excluding carboxylic acids is 1. The highest BCUT2D eigenvalue weighted by atomic mass is 35.5. The Morgan fingerprint density at radius 2 is 1.61 bits per heavy atom. The van der Waals surface area contributed by atoms with Crippen molar-refractivity contribution in [2.45, 2.75) is 10.8 Å². The summed E-state index contributed by atoms with van der Waals surface area (Å²) in [5, 5.41) is 12.0. The van der Waals surface area contributed by atoms with Gasteiger partial charge >= 0.3 is 12.1 Å². The van der Waals surface area contributed by atoms with Crippen LogP contribution in [0.15, 0.2) is 64.8 Å². The normalized spacial score (nSPS) is 10.6. The molecule has 12 heteroatoms. The van der Waals surface area contributed by atoms with Crippen LogP contribution in [0.3, 0.4) is 0 Å². The van der Waals surface area contributed by atoms with Crippen LogP contribution in [0, 0.1) is 0 Å². The standard InChI is InChI=1S/C19H13Cl2F3N4OS2/c20-11-1-5-13(6-2-11)25-17(29)28(14-7-3-12(21)4-8-14)18-26-27-19(31-18)30-10-9-15(22)16(23)24/h1-8H,9-10H2,(H,25,29). The maximum Gasteiger partial charge on any atom is 0.332 e. The lowest BCUT2D eigenvalue weighted by molar-refractivity contribution is 0.259. The summed E-state index contributed by atoms with van der Waals surface area (Å²) in [6.45, 7) is 0. The van der Waals surface area contributed by atoms with Crippen LogP contribution in [0.1, 0.15) is 6.42 Å². The van der Waals surface area contributed by atoms with Gasteiger partial charge in [-0.25, -0.2) is 14.1 Å². The third-order valence-corrected chi connectivity index (χ3v) is 6.27. The van der Waals surface area contributed by atoms with Crippen molar-refractivity contribution < 1.29 is 18.0 Å². The highest BCUT2D eigenvalue weighted by Gasteiger charge is 2.23. The summed E-state index contributed by atoms with van der Waals surface area (Å²) < 4.78 is 37.7. The van der Waals surface area contributed by atoms with Gasteiger partial charge in [0, 0.05) is 27.9 Å². The molecule has 0 aliphatic heterocycles. The maximum atomic E-state index is 13.0. The molecular weight excluding hydrogens is 492 g/mol. The van der Waals surface area contributed by atoms with Crippen LogP contribution >= 0.6 is 46.3 Å². The number of thioether (sulfide) groups is 1. The number of hydrogen-bond donors (Lipinski definition) is 1. The summed E-state index contributed by atoms with van der Waals surface area (Å²) >= 11 is 14.0. The van der Waals surface area contributed by atoms with Crippen molar-refractivity contribution in [3.8, 4) is 0 Å². The molecule has 0 aliphatic carbocycles. The van der Waals surface area contributed by atoms with E-state index >= 15 is 0 Å². The average molecular weight is 505 g/mol. The molecule has 0 radical (unpaired) electrons. The van der Waals surface area contributed by atoms with Gasteiger partial charge in [-0.2, -0.15) is 8.78 Å². The molecule has 0 unspecified atom stereocenters. The van der Waals surface area contributed by atoms with Gasteiger partial charge in [0.2, 0.25) is 5.13 Å². The molecule has 0 bridgehead atoms. The molecule has 0 atom stereocenters. The van der Waals surface area contributed by atoms with E-state index in [-0.39, 0.29) is 10.9 Å². The first-order valence-corrected chi connectivity index (χ1v) is 11.2. The Labute approximate surface area is 193 Å². The molecule has 2 aromatic carbocycles. The molecule has 1 heterocycles. The molecule has 31 heavy (non-hydrogen) atoms. The van der Waals surface area contributed by atoms with Gasteiger partial charge in [0.05, 0.1) is 5.69 Å². The fourth-order valence-corrected chi connectivity index (χ4v) is 4.41. The number of nitrogens with one attached hydrogen (secondary N) is 1. The maximum absolute atomic E-state index is 13.0. The number of rotatable bonds is 7. The monoisotopic (exact) mass is 504 g/mol. The highest BCUT2D eigenvalue weighted by Crippen LogP contribution is 2.34. The van der Waals surface area contributed by atoms with Crippen LogP contribution in [0.5, 0.6) is 0 Å². The number of amides is 2. The summed E-state index contributed by atoms with van der Waals surface area (Å²) in [5.41, 5.74) is 1.00. The lowest BCUT2D eigenvalue weighted by atomic mass is 10.3. The molecule has 5 nitrogen and oxygen atoms in total. The second-order valence-electron chi connectivity index (χ2n) is 5.86. The third kappa shape index (κ3) is 6.60. The quantitative estimate of drug-likeness (QED) is 0.263. The Hall–Kier alpha value is -2.27. The van der Waals surface area contributed by atoms with E-state index in [0.29, 0.717) is 25.8 Å². The van der Waals surface area contributed by atoms with Crippen molar-refractivity contribution in [3.63, 3.8) is 0 Å². The number of urea groups is 1. The van der Waals surface area contributed by atoms with Gasteiger partial charge in [-0.1, -0.05) is 46.3 Å². The molecule has 0 saturated heterocycles. The minimum Gasteiger partial charge on any atom is -0.307 e. The molecule has 0 aliphatic rings. The van der Waals surface area contributed by atoms with Crippen LogP contribution in [0.2, 0.25) is 10.0 Å². The zero-order chi connectivity index (χ0) is 22.4. The van der Waals surface area contributed by atoms with Crippen molar-refractivity contribution in [1.82, 2.24) is 10.2 Å². The number of anilines is 3. The summed E-state index contributed by atoms with van der Waals surface area (Å²) in [5.74, 6) is -1.40. The second kappa shape index (κ2) is 10.9. The Morgan fingerprint density at radius 3 is 2.23 bits per heavy atom. The first-order valence-electron chi connectivity index (χ1n) is 8.61. The number of hydrogen-bond acceptors (Lipinski definition) is 5. The fourth-order valence-electron chi connectivity index (χ4n) is 2.29. The van der Waals surface area contributed by atoms with Crippen LogP contribution in [0.4, 0.5) is 34.5 Å². The number of benzene rings is 2. The predicted molar refractivity (Wildman–Crippen MR) is 120 cm³/mol. The van der Waals surface area contributed by atoms with Crippen molar-refractivity contribution in [2.24, 2.45) is 0 Å². The summed E-state index contributed by atoms with van der Waals surface area (Å²) in [6.07, 6.45) is -2.76. The number of halogens is 5. The Balaban J connectivity index is 1.80. The topological polar surface area (TPSA) is 58.1 Å². The van der Waals surface area contributed by atoms with E-state index in [9.17, 15) is 18.0 Å². The van der Waals surface area contributed by atoms with E-state index in [1.54, 1.807) is 48.5 Å². The Bertz CT molecular complexity index is 1070. The van der Waals surface area contributed by atoms with E-state index in [4.69, 9.17) is 23.2 Å². The number of carbonyl (C=O) groups is 1. The van der Waals surface area contributed by atoms with Gasteiger partial charge in [0.25, 0.3) is 0 Å². The van der Waals surface area contributed by atoms with E-state index < -0.39 is 24.4 Å². The van der Waals surface area contributed by atoms with Crippen molar-refractivity contribution >= 4 is 68.8 Å². The van der Waals surface area contributed by atoms with E-state index in [1.807, 2.05) is 0 Å². The van der Waals surface area contributed by atoms with Crippen molar-refractivity contribution in [2.75, 3.05) is 16.0 Å². The van der Waals surface area contributed by atoms with Crippen molar-refractivity contribution in [1.29, 1.82) is 0 Å². The number of allylic oxidation sites excluding steroid dienone is 1. The number of aromatic nitrogens is 2. The van der Waals surface area contributed by atoms with Gasteiger partial charge in [-0.15, -0.1) is 10.2 Å². The molecule has 2 amide bonds. The lowest BCUT2D eigenvalue weighted by Gasteiger charge is -2.20. The average Bonchev–Trinajstić information content (AvgIpc) is 3.19. The predicted octanol–water partition coefficient (Wildman–Crippen LogP) is 7.77. The third-order valence-electron chi connectivity index (χ3n) is 3.72. The molecular formula is C19H13Cl2F3N4OS2. The van der Waals surface area contributed by atoms with Gasteiger partial charge in [-0.05, 0) is 48.5 Å². The van der Waals surface area contributed by atoms with Gasteiger partial charge < -0.3 is 5.32 Å². The summed E-state index contributed by atoms with van der Waals surface area (Å²) in [7, 11) is 0. The zero-order valence-corrected chi connectivity index (χ0v) is 18.6. The molecule has 0 fully saturated rings. The Morgan fingerprint density at radius 1 is 1.00 bits per heavy atom. The molecule has 1 N–H and O–H groups in total.